The van der Waals surface area contributed by atoms with Crippen LogP contribution < -0.4 is 4.74 Å². The van der Waals surface area contributed by atoms with E-state index in [4.69, 9.17) is 20.8 Å². The Morgan fingerprint density at radius 2 is 1.87 bits per heavy atom. The van der Waals surface area contributed by atoms with Crippen LogP contribution in [0.3, 0.4) is 0 Å². The summed E-state index contributed by atoms with van der Waals surface area (Å²) in [5, 5.41) is 10.3. The molecule has 0 bridgehead atoms. The summed E-state index contributed by atoms with van der Waals surface area (Å²) in [6.07, 6.45) is 1.72. The van der Waals surface area contributed by atoms with Crippen molar-refractivity contribution in [2.75, 3.05) is 0 Å². The van der Waals surface area contributed by atoms with Gasteiger partial charge in [0.1, 0.15) is 29.5 Å². The number of para-hydroxylation sites is 2. The molecule has 3 aromatic carbocycles. The van der Waals surface area contributed by atoms with E-state index in [2.05, 4.69) is 42.9 Å². The van der Waals surface area contributed by atoms with Crippen molar-refractivity contribution in [2.24, 2.45) is 0 Å². The average Bonchev–Trinajstić information content (AvgIpc) is 3.15. The minimum atomic E-state index is 0.284. The van der Waals surface area contributed by atoms with E-state index in [0.717, 1.165) is 20.1 Å². The predicted molar refractivity (Wildman–Crippen MR) is 125 cm³/mol. The normalized spacial score (nSPS) is 11.5. The number of hydrogen-bond donors (Lipinski definition) is 0. The van der Waals surface area contributed by atoms with Crippen LogP contribution in [0.25, 0.3) is 22.7 Å². The van der Waals surface area contributed by atoms with E-state index in [1.165, 1.54) is 0 Å². The van der Waals surface area contributed by atoms with Gasteiger partial charge in [-0.2, -0.15) is 5.26 Å². The Kier molecular flexibility index (Phi) is 6.24. The summed E-state index contributed by atoms with van der Waals surface area (Å²) in [5.74, 6) is 0.944. The molecule has 0 amide bonds. The van der Waals surface area contributed by atoms with Crippen LogP contribution in [0.2, 0.25) is 5.02 Å². The number of nitrogens with zero attached hydrogens (tertiary/aromatic N) is 2. The molecule has 4 nitrogen and oxygen atoms in total. The van der Waals surface area contributed by atoms with E-state index in [-0.39, 0.29) is 5.89 Å². The maximum absolute atomic E-state index is 9.61. The monoisotopic (exact) mass is 542 g/mol. The lowest BCUT2D eigenvalue weighted by atomic mass is 10.1. The molecule has 7 heteroatoms. The highest BCUT2D eigenvalue weighted by Gasteiger charge is 2.13. The van der Waals surface area contributed by atoms with E-state index in [1.54, 1.807) is 6.08 Å². The molecule has 30 heavy (non-hydrogen) atoms. The molecule has 4 rings (SSSR count). The van der Waals surface area contributed by atoms with Gasteiger partial charge in [0.05, 0.1) is 8.95 Å². The second-order valence-corrected chi connectivity index (χ2v) is 8.53. The standard InChI is InChI=1S/C23H13Br2ClN2O2/c24-18-10-15(8-16(12-27)23-28-20-6-1-2-7-21(20)30-23)11-19(25)22(18)29-13-14-4-3-5-17(26)9-14/h1-11H,13H2/b16-8+. The zero-order valence-electron chi connectivity index (χ0n) is 15.4. The SMILES string of the molecule is N#C/C(=C\c1cc(Br)c(OCc2cccc(Cl)c2)c(Br)c1)c1nc2ccccc2o1. The summed E-state index contributed by atoms with van der Waals surface area (Å²) in [4.78, 5) is 4.40. The number of hydrogen-bond acceptors (Lipinski definition) is 4. The zero-order valence-corrected chi connectivity index (χ0v) is 19.3. The minimum absolute atomic E-state index is 0.284. The molecular weight excluding hydrogens is 532 g/mol. The number of oxazole rings is 1. The number of nitriles is 1. The number of fused-ring (bicyclic) bond motifs is 1. The first-order chi connectivity index (χ1) is 14.5. The third kappa shape index (κ3) is 4.59. The van der Waals surface area contributed by atoms with Gasteiger partial charge in [-0.05, 0) is 85.5 Å². The lowest BCUT2D eigenvalue weighted by molar-refractivity contribution is 0.302. The molecule has 1 aromatic heterocycles. The minimum Gasteiger partial charge on any atom is -0.487 e. The van der Waals surface area contributed by atoms with Gasteiger partial charge in [-0.15, -0.1) is 0 Å². The van der Waals surface area contributed by atoms with E-state index in [1.807, 2.05) is 60.7 Å². The molecule has 0 aliphatic carbocycles. The number of rotatable bonds is 5. The highest BCUT2D eigenvalue weighted by Crippen LogP contribution is 2.36. The second-order valence-electron chi connectivity index (χ2n) is 6.39. The molecule has 148 valence electrons. The molecule has 0 saturated heterocycles. The van der Waals surface area contributed by atoms with Crippen molar-refractivity contribution in [3.8, 4) is 11.8 Å². The van der Waals surface area contributed by atoms with Crippen molar-refractivity contribution in [2.45, 2.75) is 6.61 Å². The molecule has 0 spiro atoms. The van der Waals surface area contributed by atoms with Gasteiger partial charge in [-0.1, -0.05) is 35.9 Å². The van der Waals surface area contributed by atoms with Crippen LogP contribution >= 0.6 is 43.5 Å². The van der Waals surface area contributed by atoms with Gasteiger partial charge < -0.3 is 9.15 Å². The first-order valence-electron chi connectivity index (χ1n) is 8.87. The highest BCUT2D eigenvalue weighted by molar-refractivity contribution is 9.11. The van der Waals surface area contributed by atoms with Crippen LogP contribution in [-0.4, -0.2) is 4.98 Å². The first-order valence-corrected chi connectivity index (χ1v) is 10.8. The van der Waals surface area contributed by atoms with Crippen LogP contribution in [0.15, 0.2) is 74.0 Å². The predicted octanol–water partition coefficient (Wildman–Crippen LogP) is 7.65. The molecule has 0 unspecified atom stereocenters. The summed E-state index contributed by atoms with van der Waals surface area (Å²) in [5.41, 5.74) is 3.44. The third-order valence-electron chi connectivity index (χ3n) is 4.25. The lowest BCUT2D eigenvalue weighted by Gasteiger charge is -2.12. The number of benzene rings is 3. The van der Waals surface area contributed by atoms with Gasteiger partial charge in [-0.25, -0.2) is 4.98 Å². The second kappa shape index (κ2) is 9.05. The number of aromatic nitrogens is 1. The molecule has 0 radical (unpaired) electrons. The summed E-state index contributed by atoms with van der Waals surface area (Å²) in [6.45, 7) is 0.374. The lowest BCUT2D eigenvalue weighted by Crippen LogP contribution is -1.97. The molecule has 0 saturated carbocycles. The number of allylic oxidation sites excluding steroid dienone is 1. The van der Waals surface area contributed by atoms with Gasteiger partial charge in [0.2, 0.25) is 5.89 Å². The van der Waals surface area contributed by atoms with E-state index < -0.39 is 0 Å². The van der Waals surface area contributed by atoms with Crippen molar-refractivity contribution in [3.05, 3.63) is 91.6 Å². The molecule has 0 atom stereocenters. The largest absolute Gasteiger partial charge is 0.487 e. The summed E-state index contributed by atoms with van der Waals surface area (Å²) in [7, 11) is 0. The summed E-state index contributed by atoms with van der Waals surface area (Å²) >= 11 is 13.1. The average molecular weight is 545 g/mol. The fourth-order valence-corrected chi connectivity index (χ4v) is 4.54. The van der Waals surface area contributed by atoms with Crippen molar-refractivity contribution in [1.82, 2.24) is 4.98 Å². The van der Waals surface area contributed by atoms with E-state index in [0.29, 0.717) is 34.1 Å². The van der Waals surface area contributed by atoms with Gasteiger partial charge in [-0.3, -0.25) is 0 Å². The van der Waals surface area contributed by atoms with E-state index in [9.17, 15) is 5.26 Å². The molecule has 0 aliphatic rings. The Morgan fingerprint density at radius 3 is 2.57 bits per heavy atom. The molecular formula is C23H13Br2ClN2O2. The van der Waals surface area contributed by atoms with Crippen molar-refractivity contribution < 1.29 is 9.15 Å². The van der Waals surface area contributed by atoms with Gasteiger partial charge in [0.25, 0.3) is 0 Å². The Bertz CT molecular complexity index is 1250. The maximum Gasteiger partial charge on any atom is 0.238 e. The van der Waals surface area contributed by atoms with Crippen LogP contribution in [-0.2, 0) is 6.61 Å². The first kappa shape index (κ1) is 20.7. The smallest absolute Gasteiger partial charge is 0.238 e. The molecule has 1 heterocycles. The topological polar surface area (TPSA) is 59.0 Å². The molecule has 0 fully saturated rings. The number of ether oxygens (including phenoxy) is 1. The van der Waals surface area contributed by atoms with Crippen molar-refractivity contribution in [1.29, 1.82) is 5.26 Å². The van der Waals surface area contributed by atoms with Crippen LogP contribution in [0.4, 0.5) is 0 Å². The highest BCUT2D eigenvalue weighted by atomic mass is 79.9. The quantitative estimate of drug-likeness (QED) is 0.242. The zero-order chi connectivity index (χ0) is 21.1. The number of halogens is 3. The molecule has 4 aromatic rings. The Balaban J connectivity index is 1.60. The van der Waals surface area contributed by atoms with Crippen LogP contribution in [0.5, 0.6) is 5.75 Å². The molecule has 0 aliphatic heterocycles. The van der Waals surface area contributed by atoms with E-state index >= 15 is 0 Å². The Labute approximate surface area is 195 Å². The van der Waals surface area contributed by atoms with Crippen molar-refractivity contribution >= 4 is 66.2 Å². The van der Waals surface area contributed by atoms with Crippen LogP contribution in [0, 0.1) is 11.3 Å². The maximum atomic E-state index is 9.61. The Morgan fingerprint density at radius 1 is 1.10 bits per heavy atom. The van der Waals surface area contributed by atoms with Gasteiger partial charge in [0, 0.05) is 5.02 Å². The Hall–Kier alpha value is -2.59. The summed E-state index contributed by atoms with van der Waals surface area (Å²) in [6, 6.07) is 20.8. The fraction of sp³-hybridized carbons (Fsp3) is 0.0435. The van der Waals surface area contributed by atoms with Gasteiger partial charge in [0.15, 0.2) is 5.58 Å². The third-order valence-corrected chi connectivity index (χ3v) is 5.66. The molecule has 0 N–H and O–H groups in total. The fourth-order valence-electron chi connectivity index (χ4n) is 2.88. The summed E-state index contributed by atoms with van der Waals surface area (Å²) < 4.78 is 13.2. The van der Waals surface area contributed by atoms with Crippen molar-refractivity contribution in [3.63, 3.8) is 0 Å². The van der Waals surface area contributed by atoms with Crippen LogP contribution in [0.1, 0.15) is 17.0 Å². The van der Waals surface area contributed by atoms with Gasteiger partial charge >= 0.3 is 0 Å².